The first-order chi connectivity index (χ1) is 10.7. The summed E-state index contributed by atoms with van der Waals surface area (Å²) in [5, 5.41) is 3.84. The quantitative estimate of drug-likeness (QED) is 0.866. The first-order valence-corrected chi connectivity index (χ1v) is 7.36. The molecule has 1 aromatic carbocycles. The number of ether oxygens (including phenoxy) is 1. The Morgan fingerprint density at radius 2 is 2.32 bits per heavy atom. The molecule has 0 aliphatic carbocycles. The third kappa shape index (κ3) is 3.10. The smallest absolute Gasteiger partial charge is 0.231 e. The van der Waals surface area contributed by atoms with E-state index in [2.05, 4.69) is 10.1 Å². The van der Waals surface area contributed by atoms with Crippen LogP contribution < -0.4 is 4.74 Å². The van der Waals surface area contributed by atoms with Crippen LogP contribution in [0.5, 0.6) is 5.75 Å². The van der Waals surface area contributed by atoms with Gasteiger partial charge in [0.25, 0.3) is 0 Å². The number of carbonyl (C=O) groups excluding carboxylic acids is 1. The van der Waals surface area contributed by atoms with Gasteiger partial charge in [-0.2, -0.15) is 4.98 Å². The van der Waals surface area contributed by atoms with Crippen LogP contribution >= 0.6 is 0 Å². The van der Waals surface area contributed by atoms with Gasteiger partial charge in [-0.15, -0.1) is 0 Å². The van der Waals surface area contributed by atoms with Crippen LogP contribution in [0.25, 0.3) is 0 Å². The molecular formula is C16H19N3O3. The third-order valence-electron chi connectivity index (χ3n) is 3.90. The second-order valence-corrected chi connectivity index (χ2v) is 5.54. The van der Waals surface area contributed by atoms with Crippen LogP contribution in [0.3, 0.4) is 0 Å². The van der Waals surface area contributed by atoms with Crippen LogP contribution in [0.2, 0.25) is 0 Å². The van der Waals surface area contributed by atoms with Gasteiger partial charge in [0.05, 0.1) is 13.0 Å². The maximum Gasteiger partial charge on any atom is 0.231 e. The Labute approximate surface area is 129 Å². The highest BCUT2D eigenvalue weighted by atomic mass is 16.5. The number of aryl methyl sites for hydroxylation is 1. The number of piperidine rings is 1. The van der Waals surface area contributed by atoms with Gasteiger partial charge in [-0.05, 0) is 31.0 Å². The molecule has 1 amide bonds. The lowest BCUT2D eigenvalue weighted by Crippen LogP contribution is -2.38. The van der Waals surface area contributed by atoms with Crippen LogP contribution in [-0.4, -0.2) is 34.6 Å². The van der Waals surface area contributed by atoms with E-state index >= 15 is 0 Å². The molecule has 2 aromatic rings. The van der Waals surface area contributed by atoms with E-state index in [4.69, 9.17) is 9.26 Å². The van der Waals surface area contributed by atoms with Gasteiger partial charge in [0.2, 0.25) is 11.8 Å². The number of benzene rings is 1. The molecule has 3 rings (SSSR count). The van der Waals surface area contributed by atoms with E-state index in [-0.39, 0.29) is 11.8 Å². The molecule has 0 saturated carbocycles. The fourth-order valence-electron chi connectivity index (χ4n) is 2.74. The number of hydrogen-bond acceptors (Lipinski definition) is 5. The second kappa shape index (κ2) is 6.17. The van der Waals surface area contributed by atoms with Crippen molar-refractivity contribution in [1.82, 2.24) is 15.0 Å². The molecular weight excluding hydrogens is 282 g/mol. The van der Waals surface area contributed by atoms with E-state index in [1.807, 2.05) is 29.2 Å². The van der Waals surface area contributed by atoms with E-state index in [0.717, 1.165) is 17.7 Å². The molecule has 0 unspecified atom stereocenters. The molecule has 6 heteroatoms. The predicted octanol–water partition coefficient (Wildman–Crippen LogP) is 2.29. The first-order valence-electron chi connectivity index (χ1n) is 7.36. The van der Waals surface area contributed by atoms with Crippen molar-refractivity contribution in [1.29, 1.82) is 0 Å². The number of rotatable bonds is 4. The van der Waals surface area contributed by atoms with Gasteiger partial charge in [-0.25, -0.2) is 0 Å². The van der Waals surface area contributed by atoms with Crippen LogP contribution in [0, 0.1) is 6.92 Å². The summed E-state index contributed by atoms with van der Waals surface area (Å²) in [5.41, 5.74) is 1.05. The summed E-state index contributed by atoms with van der Waals surface area (Å²) in [6.45, 7) is 2.98. The fourth-order valence-corrected chi connectivity index (χ4v) is 2.74. The molecule has 1 aromatic heterocycles. The summed E-state index contributed by atoms with van der Waals surface area (Å²) in [7, 11) is 1.64. The highest BCUT2D eigenvalue weighted by Crippen LogP contribution is 2.27. The number of methoxy groups -OCH3 is 1. The molecule has 0 bridgehead atoms. The topological polar surface area (TPSA) is 68.5 Å². The van der Waals surface area contributed by atoms with Gasteiger partial charge >= 0.3 is 0 Å². The molecule has 0 radical (unpaired) electrons. The Kier molecular flexibility index (Phi) is 4.09. The minimum absolute atomic E-state index is 0.115. The van der Waals surface area contributed by atoms with Gasteiger partial charge in [0.15, 0.2) is 5.82 Å². The summed E-state index contributed by atoms with van der Waals surface area (Å²) in [5.74, 6) is 2.33. The van der Waals surface area contributed by atoms with E-state index in [9.17, 15) is 4.79 Å². The van der Waals surface area contributed by atoms with Gasteiger partial charge in [-0.1, -0.05) is 17.3 Å². The molecule has 1 aliphatic rings. The van der Waals surface area contributed by atoms with Crippen molar-refractivity contribution in [2.75, 3.05) is 13.7 Å². The summed E-state index contributed by atoms with van der Waals surface area (Å²) >= 11 is 0. The zero-order valence-electron chi connectivity index (χ0n) is 12.8. The van der Waals surface area contributed by atoms with Crippen LogP contribution in [0.4, 0.5) is 0 Å². The SMILES string of the molecule is COc1cccc(CN2C[C@@H](c3nc(C)no3)CCC2=O)c1. The Hall–Kier alpha value is -2.37. The summed E-state index contributed by atoms with van der Waals surface area (Å²) in [6.07, 6.45) is 1.27. The largest absolute Gasteiger partial charge is 0.497 e. The minimum atomic E-state index is 0.115. The minimum Gasteiger partial charge on any atom is -0.497 e. The van der Waals surface area contributed by atoms with Gasteiger partial charge < -0.3 is 14.2 Å². The van der Waals surface area contributed by atoms with Crippen LogP contribution in [-0.2, 0) is 11.3 Å². The maximum atomic E-state index is 12.2. The highest BCUT2D eigenvalue weighted by molar-refractivity contribution is 5.77. The monoisotopic (exact) mass is 301 g/mol. The predicted molar refractivity (Wildman–Crippen MR) is 79.4 cm³/mol. The van der Waals surface area contributed by atoms with Crippen molar-refractivity contribution in [3.8, 4) is 5.75 Å². The highest BCUT2D eigenvalue weighted by Gasteiger charge is 2.30. The van der Waals surface area contributed by atoms with E-state index in [1.165, 1.54) is 0 Å². The molecule has 1 fully saturated rings. The van der Waals surface area contributed by atoms with Gasteiger partial charge in [-0.3, -0.25) is 4.79 Å². The number of nitrogens with zero attached hydrogens (tertiary/aromatic N) is 3. The molecule has 116 valence electrons. The standard InChI is InChI=1S/C16H19N3O3/c1-11-17-16(22-18-11)13-6-7-15(20)19(10-13)9-12-4-3-5-14(8-12)21-2/h3-5,8,13H,6-7,9-10H2,1-2H3/t13-/m0/s1. The van der Waals surface area contributed by atoms with Crippen molar-refractivity contribution < 1.29 is 14.1 Å². The lowest BCUT2D eigenvalue weighted by Gasteiger charge is -2.31. The Morgan fingerprint density at radius 1 is 1.45 bits per heavy atom. The molecule has 0 N–H and O–H groups in total. The number of amides is 1. The van der Waals surface area contributed by atoms with Crippen molar-refractivity contribution in [3.05, 3.63) is 41.5 Å². The lowest BCUT2D eigenvalue weighted by atomic mass is 9.97. The van der Waals surface area contributed by atoms with Crippen molar-refractivity contribution in [2.45, 2.75) is 32.2 Å². The normalized spacial score (nSPS) is 18.5. The molecule has 1 atom stereocenters. The Balaban J connectivity index is 1.72. The second-order valence-electron chi connectivity index (χ2n) is 5.54. The van der Waals surface area contributed by atoms with Gasteiger partial charge in [0, 0.05) is 19.5 Å². The van der Waals surface area contributed by atoms with E-state index < -0.39 is 0 Å². The zero-order valence-corrected chi connectivity index (χ0v) is 12.8. The van der Waals surface area contributed by atoms with Crippen molar-refractivity contribution >= 4 is 5.91 Å². The maximum absolute atomic E-state index is 12.2. The molecule has 0 spiro atoms. The fraction of sp³-hybridized carbons (Fsp3) is 0.438. The molecule has 2 heterocycles. The third-order valence-corrected chi connectivity index (χ3v) is 3.90. The van der Waals surface area contributed by atoms with E-state index in [1.54, 1.807) is 14.0 Å². The van der Waals surface area contributed by atoms with Crippen molar-refractivity contribution in [3.63, 3.8) is 0 Å². The molecule has 22 heavy (non-hydrogen) atoms. The molecule has 6 nitrogen and oxygen atoms in total. The average molecular weight is 301 g/mol. The number of aromatic nitrogens is 2. The Morgan fingerprint density at radius 3 is 3.05 bits per heavy atom. The Bertz CT molecular complexity index is 668. The van der Waals surface area contributed by atoms with Crippen LogP contribution in [0.1, 0.15) is 36.0 Å². The lowest BCUT2D eigenvalue weighted by molar-refractivity contribution is -0.134. The number of carbonyl (C=O) groups is 1. The van der Waals surface area contributed by atoms with Crippen LogP contribution in [0.15, 0.2) is 28.8 Å². The molecule has 1 aliphatic heterocycles. The zero-order chi connectivity index (χ0) is 15.5. The van der Waals surface area contributed by atoms with Gasteiger partial charge in [0.1, 0.15) is 5.75 Å². The first kappa shape index (κ1) is 14.6. The van der Waals surface area contributed by atoms with Crippen molar-refractivity contribution in [2.24, 2.45) is 0 Å². The van der Waals surface area contributed by atoms with E-state index in [0.29, 0.717) is 31.2 Å². The summed E-state index contributed by atoms with van der Waals surface area (Å²) in [6, 6.07) is 7.77. The average Bonchev–Trinajstić information content (AvgIpc) is 2.96. The number of likely N-dealkylation sites (tertiary alicyclic amines) is 1. The molecule has 1 saturated heterocycles. The number of hydrogen-bond donors (Lipinski definition) is 0. The summed E-state index contributed by atoms with van der Waals surface area (Å²) in [4.78, 5) is 18.3. The summed E-state index contributed by atoms with van der Waals surface area (Å²) < 4.78 is 10.5.